The van der Waals surface area contributed by atoms with E-state index >= 15 is 0 Å². The predicted molar refractivity (Wildman–Crippen MR) is 93.8 cm³/mol. The van der Waals surface area contributed by atoms with Crippen molar-refractivity contribution in [3.63, 3.8) is 0 Å². The molecule has 0 nitrogen and oxygen atoms in total. The molecule has 0 atom stereocenters. The Morgan fingerprint density at radius 2 is 0.955 bits per heavy atom. The van der Waals surface area contributed by atoms with Gasteiger partial charge in [-0.25, -0.2) is 0 Å². The van der Waals surface area contributed by atoms with Gasteiger partial charge in [0.25, 0.3) is 0 Å². The fraction of sp³-hybridized carbons (Fsp3) is 0.136. The first-order valence-corrected chi connectivity index (χ1v) is 7.73. The Labute approximate surface area is 133 Å². The van der Waals surface area contributed by atoms with Crippen molar-refractivity contribution in [3.05, 3.63) is 114 Å². The van der Waals surface area contributed by atoms with E-state index in [1.807, 2.05) is 0 Å². The van der Waals surface area contributed by atoms with E-state index in [4.69, 9.17) is 0 Å². The van der Waals surface area contributed by atoms with Crippen LogP contribution in [-0.2, 0) is 5.41 Å². The molecule has 0 aliphatic rings. The van der Waals surface area contributed by atoms with Crippen molar-refractivity contribution in [1.29, 1.82) is 0 Å². The second-order valence-electron chi connectivity index (χ2n) is 5.85. The number of rotatable bonds is 4. The summed E-state index contributed by atoms with van der Waals surface area (Å²) in [6, 6.07) is 32.2. The Hall–Kier alpha value is -2.34. The molecule has 0 aromatic heterocycles. The van der Waals surface area contributed by atoms with Crippen LogP contribution in [0.5, 0.6) is 0 Å². The second kappa shape index (κ2) is 6.19. The van der Waals surface area contributed by atoms with Gasteiger partial charge in [0, 0.05) is 11.3 Å². The summed E-state index contributed by atoms with van der Waals surface area (Å²) < 4.78 is 0. The van der Waals surface area contributed by atoms with Gasteiger partial charge >= 0.3 is 0 Å². The summed E-state index contributed by atoms with van der Waals surface area (Å²) in [6.07, 6.45) is 0. The third-order valence-corrected chi connectivity index (χ3v) is 4.66. The molecular weight excluding hydrogens is 264 g/mol. The minimum atomic E-state index is -0.135. The van der Waals surface area contributed by atoms with Crippen LogP contribution in [0.3, 0.4) is 0 Å². The summed E-state index contributed by atoms with van der Waals surface area (Å²) in [6.45, 7) is 4.56. The molecule has 0 N–H and O–H groups in total. The van der Waals surface area contributed by atoms with Gasteiger partial charge in [-0.3, -0.25) is 0 Å². The molecule has 0 aliphatic heterocycles. The highest BCUT2D eigenvalue weighted by Crippen LogP contribution is 2.43. The third-order valence-electron chi connectivity index (χ3n) is 4.66. The number of hydrogen-bond donors (Lipinski definition) is 0. The summed E-state index contributed by atoms with van der Waals surface area (Å²) in [5.74, 6) is 1.37. The molecule has 1 radical (unpaired) electrons. The molecule has 0 aliphatic carbocycles. The SMILES string of the molecule is C[C](c1ccccc1)C(C)(c1ccccc1)c1ccccc1. The van der Waals surface area contributed by atoms with Crippen LogP contribution in [0.15, 0.2) is 91.0 Å². The van der Waals surface area contributed by atoms with Crippen molar-refractivity contribution in [1.82, 2.24) is 0 Å². The molecule has 22 heavy (non-hydrogen) atoms. The van der Waals surface area contributed by atoms with E-state index in [2.05, 4.69) is 105 Å². The van der Waals surface area contributed by atoms with E-state index in [9.17, 15) is 0 Å². The normalized spacial score (nSPS) is 11.6. The first-order chi connectivity index (χ1) is 10.7. The zero-order chi connectivity index (χ0) is 15.4. The van der Waals surface area contributed by atoms with Crippen LogP contribution in [0, 0.1) is 5.92 Å². The summed E-state index contributed by atoms with van der Waals surface area (Å²) in [5.41, 5.74) is 3.80. The monoisotopic (exact) mass is 285 g/mol. The van der Waals surface area contributed by atoms with Gasteiger partial charge in [0.15, 0.2) is 0 Å². The van der Waals surface area contributed by atoms with E-state index in [0.717, 1.165) is 0 Å². The van der Waals surface area contributed by atoms with Crippen molar-refractivity contribution in [2.75, 3.05) is 0 Å². The fourth-order valence-corrected chi connectivity index (χ4v) is 3.12. The summed E-state index contributed by atoms with van der Waals surface area (Å²) in [7, 11) is 0. The predicted octanol–water partition coefficient (Wildman–Crippen LogP) is 5.64. The second-order valence-corrected chi connectivity index (χ2v) is 5.85. The molecule has 0 bridgehead atoms. The maximum Gasteiger partial charge on any atom is 0.0277 e. The minimum absolute atomic E-state index is 0.135. The molecule has 3 rings (SSSR count). The van der Waals surface area contributed by atoms with Gasteiger partial charge in [-0.1, -0.05) is 105 Å². The lowest BCUT2D eigenvalue weighted by Crippen LogP contribution is -2.31. The standard InChI is InChI=1S/C22H21/c1-18(19-12-6-3-7-13-19)22(2,20-14-8-4-9-15-20)21-16-10-5-11-17-21/h3-17H,1-2H3. The number of hydrogen-bond acceptors (Lipinski definition) is 0. The van der Waals surface area contributed by atoms with E-state index in [-0.39, 0.29) is 5.41 Å². The molecule has 0 amide bonds. The Morgan fingerprint density at radius 3 is 1.36 bits per heavy atom. The van der Waals surface area contributed by atoms with Crippen molar-refractivity contribution >= 4 is 0 Å². The average molecular weight is 285 g/mol. The topological polar surface area (TPSA) is 0 Å². The van der Waals surface area contributed by atoms with Crippen molar-refractivity contribution in [3.8, 4) is 0 Å². The third kappa shape index (κ3) is 2.57. The van der Waals surface area contributed by atoms with Gasteiger partial charge in [0.2, 0.25) is 0 Å². The van der Waals surface area contributed by atoms with E-state index in [1.165, 1.54) is 22.6 Å². The van der Waals surface area contributed by atoms with Crippen molar-refractivity contribution in [2.24, 2.45) is 0 Å². The molecule has 109 valence electrons. The van der Waals surface area contributed by atoms with Gasteiger partial charge in [0.05, 0.1) is 0 Å². The van der Waals surface area contributed by atoms with Crippen LogP contribution < -0.4 is 0 Å². The van der Waals surface area contributed by atoms with Gasteiger partial charge in [-0.2, -0.15) is 0 Å². The molecule has 0 unspecified atom stereocenters. The molecular formula is C22H21. The minimum Gasteiger partial charge on any atom is -0.0622 e. The summed E-state index contributed by atoms with van der Waals surface area (Å²) >= 11 is 0. The Bertz CT molecular complexity index is 659. The first-order valence-electron chi connectivity index (χ1n) is 7.73. The summed E-state index contributed by atoms with van der Waals surface area (Å²) in [4.78, 5) is 0. The van der Waals surface area contributed by atoms with Crippen LogP contribution in [0.2, 0.25) is 0 Å². The van der Waals surface area contributed by atoms with Crippen LogP contribution in [0.4, 0.5) is 0 Å². The lowest BCUT2D eigenvalue weighted by molar-refractivity contribution is 0.608. The van der Waals surface area contributed by atoms with Gasteiger partial charge in [-0.15, -0.1) is 0 Å². The first kappa shape index (κ1) is 14.6. The van der Waals surface area contributed by atoms with E-state index < -0.39 is 0 Å². The van der Waals surface area contributed by atoms with Gasteiger partial charge in [-0.05, 0) is 16.7 Å². The van der Waals surface area contributed by atoms with E-state index in [1.54, 1.807) is 0 Å². The molecule has 0 saturated heterocycles. The van der Waals surface area contributed by atoms with Crippen LogP contribution in [0.1, 0.15) is 30.5 Å². The lowest BCUT2D eigenvalue weighted by Gasteiger charge is -2.37. The lowest BCUT2D eigenvalue weighted by atomic mass is 9.66. The van der Waals surface area contributed by atoms with Crippen molar-refractivity contribution < 1.29 is 0 Å². The molecule has 0 heteroatoms. The maximum atomic E-state index is 2.32. The molecule has 3 aromatic rings. The van der Waals surface area contributed by atoms with Gasteiger partial charge in [0.1, 0.15) is 0 Å². The van der Waals surface area contributed by atoms with Gasteiger partial charge < -0.3 is 0 Å². The summed E-state index contributed by atoms with van der Waals surface area (Å²) in [5, 5.41) is 0. The Kier molecular flexibility index (Phi) is 4.11. The quantitative estimate of drug-likeness (QED) is 0.582. The Morgan fingerprint density at radius 1 is 0.591 bits per heavy atom. The highest BCUT2D eigenvalue weighted by Gasteiger charge is 2.36. The highest BCUT2D eigenvalue weighted by molar-refractivity contribution is 5.51. The average Bonchev–Trinajstić information content (AvgIpc) is 2.62. The molecule has 0 saturated carbocycles. The zero-order valence-corrected chi connectivity index (χ0v) is 13.2. The van der Waals surface area contributed by atoms with Crippen molar-refractivity contribution in [2.45, 2.75) is 19.3 Å². The van der Waals surface area contributed by atoms with E-state index in [0.29, 0.717) is 0 Å². The largest absolute Gasteiger partial charge is 0.0622 e. The molecule has 0 spiro atoms. The van der Waals surface area contributed by atoms with Crippen LogP contribution >= 0.6 is 0 Å². The molecule has 3 aromatic carbocycles. The zero-order valence-electron chi connectivity index (χ0n) is 13.2. The van der Waals surface area contributed by atoms with Crippen LogP contribution in [-0.4, -0.2) is 0 Å². The fourth-order valence-electron chi connectivity index (χ4n) is 3.12. The van der Waals surface area contributed by atoms with Crippen LogP contribution in [0.25, 0.3) is 0 Å². The molecule has 0 fully saturated rings. The number of benzene rings is 3. The highest BCUT2D eigenvalue weighted by atomic mass is 14.4. The maximum absolute atomic E-state index is 2.32. The smallest absolute Gasteiger partial charge is 0.0277 e. The molecule has 0 heterocycles. The Balaban J connectivity index is 2.16.